The van der Waals surface area contributed by atoms with Crippen LogP contribution in [0.25, 0.3) is 0 Å². The lowest BCUT2D eigenvalue weighted by atomic mass is 9.93. The number of hydrogen-bond donors (Lipinski definition) is 2. The zero-order chi connectivity index (χ0) is 15.5. The average Bonchev–Trinajstić information content (AvgIpc) is 2.74. The van der Waals surface area contributed by atoms with Crippen LogP contribution in [0.15, 0.2) is 0 Å². The Morgan fingerprint density at radius 2 is 2.33 bits per heavy atom. The maximum Gasteiger partial charge on any atom is 0.319 e. The van der Waals surface area contributed by atoms with Crippen LogP contribution in [0.2, 0.25) is 0 Å². The van der Waals surface area contributed by atoms with Crippen molar-refractivity contribution < 1.29 is 14.3 Å². The van der Waals surface area contributed by atoms with Gasteiger partial charge >= 0.3 is 6.03 Å². The van der Waals surface area contributed by atoms with E-state index in [1.807, 2.05) is 13.8 Å². The highest BCUT2D eigenvalue weighted by Gasteiger charge is 2.31. The summed E-state index contributed by atoms with van der Waals surface area (Å²) in [5, 5.41) is 15.4. The first-order valence-corrected chi connectivity index (χ1v) is 7.51. The molecule has 0 aromatic carbocycles. The van der Waals surface area contributed by atoms with Gasteiger partial charge in [0.1, 0.15) is 11.1 Å². The fourth-order valence-corrected chi connectivity index (χ4v) is 3.25. The van der Waals surface area contributed by atoms with Crippen LogP contribution in [0.1, 0.15) is 29.9 Å². The van der Waals surface area contributed by atoms with Gasteiger partial charge in [-0.1, -0.05) is 0 Å². The van der Waals surface area contributed by atoms with Gasteiger partial charge in [-0.2, -0.15) is 5.26 Å². The Hall–Kier alpha value is -1.62. The summed E-state index contributed by atoms with van der Waals surface area (Å²) in [5.74, 6) is 0. The molecule has 2 rings (SSSR count). The number of carbonyl (C=O) groups excluding carboxylic acids is 1. The van der Waals surface area contributed by atoms with Crippen LogP contribution < -0.4 is 10.6 Å². The smallest absolute Gasteiger partial charge is 0.319 e. The summed E-state index contributed by atoms with van der Waals surface area (Å²) in [6.45, 7) is 5.35. The third-order valence-corrected chi connectivity index (χ3v) is 4.34. The minimum Gasteiger partial charge on any atom is -0.383 e. The van der Waals surface area contributed by atoms with E-state index in [-0.39, 0.29) is 11.6 Å². The minimum atomic E-state index is -0.331. The number of urea groups is 1. The van der Waals surface area contributed by atoms with Gasteiger partial charge in [-0.25, -0.2) is 4.79 Å². The van der Waals surface area contributed by atoms with Gasteiger partial charge in [0.2, 0.25) is 0 Å². The Bertz CT molecular complexity index is 575. The summed E-state index contributed by atoms with van der Waals surface area (Å²) in [5.41, 5.74) is 1.26. The monoisotopic (exact) mass is 309 g/mol. The number of amides is 2. The number of hydrogen-bond acceptors (Lipinski definition) is 5. The summed E-state index contributed by atoms with van der Waals surface area (Å²) in [7, 11) is 1.57. The summed E-state index contributed by atoms with van der Waals surface area (Å²) < 4.78 is 10.6. The number of rotatable bonds is 4. The second-order valence-corrected chi connectivity index (χ2v) is 6.52. The van der Waals surface area contributed by atoms with Crippen LogP contribution in [0, 0.1) is 11.3 Å². The van der Waals surface area contributed by atoms with E-state index in [1.54, 1.807) is 7.11 Å². The molecule has 0 saturated heterocycles. The molecule has 1 aliphatic rings. The molecule has 0 unspecified atom stereocenters. The van der Waals surface area contributed by atoms with Crippen molar-refractivity contribution in [3.05, 3.63) is 16.0 Å². The first-order chi connectivity index (χ1) is 9.96. The summed E-state index contributed by atoms with van der Waals surface area (Å²) in [6, 6.07) is 1.87. The SMILES string of the molecule is COCCNC(=O)Nc1sc2c(c1C#N)CC(C)(C)OC2. The number of nitrogens with zero attached hydrogens (tertiary/aromatic N) is 1. The van der Waals surface area contributed by atoms with Crippen LogP contribution in [0.3, 0.4) is 0 Å². The normalized spacial score (nSPS) is 15.9. The van der Waals surface area contributed by atoms with E-state index in [0.29, 0.717) is 36.7 Å². The molecule has 1 aromatic heterocycles. The van der Waals surface area contributed by atoms with Gasteiger partial charge in [-0.15, -0.1) is 11.3 Å². The molecule has 2 amide bonds. The lowest BCUT2D eigenvalue weighted by Crippen LogP contribution is -2.31. The van der Waals surface area contributed by atoms with Crippen molar-refractivity contribution in [2.75, 3.05) is 25.6 Å². The van der Waals surface area contributed by atoms with Crippen LogP contribution in [0.5, 0.6) is 0 Å². The van der Waals surface area contributed by atoms with E-state index in [9.17, 15) is 10.1 Å². The third-order valence-electron chi connectivity index (χ3n) is 3.22. The van der Waals surface area contributed by atoms with Gasteiger partial charge in [0.25, 0.3) is 0 Å². The minimum absolute atomic E-state index is 0.280. The number of methoxy groups -OCH3 is 1. The highest BCUT2D eigenvalue weighted by atomic mass is 32.1. The quantitative estimate of drug-likeness (QED) is 0.836. The summed E-state index contributed by atoms with van der Waals surface area (Å²) in [4.78, 5) is 12.8. The van der Waals surface area contributed by atoms with E-state index >= 15 is 0 Å². The van der Waals surface area contributed by atoms with Gasteiger partial charge in [0, 0.05) is 25.0 Å². The Kier molecular flexibility index (Phi) is 4.83. The number of carbonyl (C=O) groups is 1. The predicted molar refractivity (Wildman–Crippen MR) is 80.5 cm³/mol. The number of thiophene rings is 1. The first kappa shape index (κ1) is 15.8. The van der Waals surface area contributed by atoms with E-state index in [2.05, 4.69) is 16.7 Å². The molecule has 114 valence electrons. The van der Waals surface area contributed by atoms with Gasteiger partial charge < -0.3 is 14.8 Å². The Morgan fingerprint density at radius 3 is 3.00 bits per heavy atom. The molecule has 0 saturated carbocycles. The lowest BCUT2D eigenvalue weighted by Gasteiger charge is -2.29. The highest BCUT2D eigenvalue weighted by molar-refractivity contribution is 7.16. The molecule has 0 spiro atoms. The van der Waals surface area contributed by atoms with Crippen LogP contribution in [-0.4, -0.2) is 31.9 Å². The molecule has 0 atom stereocenters. The van der Waals surface area contributed by atoms with Gasteiger partial charge in [0.15, 0.2) is 0 Å². The number of nitrogens with one attached hydrogen (secondary N) is 2. The lowest BCUT2D eigenvalue weighted by molar-refractivity contribution is -0.0383. The molecule has 0 radical (unpaired) electrons. The number of ether oxygens (including phenoxy) is 2. The van der Waals surface area contributed by atoms with E-state index in [0.717, 1.165) is 10.4 Å². The number of anilines is 1. The van der Waals surface area contributed by atoms with Gasteiger partial charge in [0.05, 0.1) is 24.4 Å². The third kappa shape index (κ3) is 3.73. The number of fused-ring (bicyclic) bond motifs is 1. The largest absolute Gasteiger partial charge is 0.383 e. The predicted octanol–water partition coefficient (Wildman–Crippen LogP) is 2.24. The zero-order valence-corrected chi connectivity index (χ0v) is 13.2. The molecule has 0 fully saturated rings. The maximum atomic E-state index is 11.8. The second kappa shape index (κ2) is 6.43. The average molecular weight is 309 g/mol. The molecule has 0 aliphatic carbocycles. The molecule has 1 aromatic rings. The maximum absolute atomic E-state index is 11.8. The molecule has 1 aliphatic heterocycles. The van der Waals surface area contributed by atoms with Gasteiger partial charge in [-0.05, 0) is 19.4 Å². The molecule has 2 N–H and O–H groups in total. The standard InChI is InChI=1S/C14H19N3O3S/c1-14(2)6-9-10(7-15)12(21-11(9)8-20-14)17-13(18)16-4-5-19-3/h4-6,8H2,1-3H3,(H2,16,17,18). The molecule has 21 heavy (non-hydrogen) atoms. The van der Waals surface area contributed by atoms with Crippen molar-refractivity contribution in [1.29, 1.82) is 5.26 Å². The fourth-order valence-electron chi connectivity index (χ4n) is 2.17. The number of nitriles is 1. The van der Waals surface area contributed by atoms with E-state index in [4.69, 9.17) is 9.47 Å². The van der Waals surface area contributed by atoms with Crippen molar-refractivity contribution in [2.24, 2.45) is 0 Å². The van der Waals surface area contributed by atoms with Crippen molar-refractivity contribution in [1.82, 2.24) is 5.32 Å². The molecular weight excluding hydrogens is 290 g/mol. The second-order valence-electron chi connectivity index (χ2n) is 5.42. The van der Waals surface area contributed by atoms with E-state index in [1.165, 1.54) is 11.3 Å². The Balaban J connectivity index is 2.13. The molecular formula is C14H19N3O3S. The van der Waals surface area contributed by atoms with Crippen molar-refractivity contribution in [2.45, 2.75) is 32.5 Å². The van der Waals surface area contributed by atoms with Crippen molar-refractivity contribution in [3.8, 4) is 6.07 Å². The van der Waals surface area contributed by atoms with Crippen LogP contribution >= 0.6 is 11.3 Å². The van der Waals surface area contributed by atoms with Crippen molar-refractivity contribution >= 4 is 22.4 Å². The molecule has 7 heteroatoms. The first-order valence-electron chi connectivity index (χ1n) is 6.69. The zero-order valence-electron chi connectivity index (χ0n) is 12.4. The highest BCUT2D eigenvalue weighted by Crippen LogP contribution is 2.39. The topological polar surface area (TPSA) is 83.4 Å². The van der Waals surface area contributed by atoms with Gasteiger partial charge in [-0.3, -0.25) is 5.32 Å². The summed E-state index contributed by atoms with van der Waals surface area (Å²) in [6.07, 6.45) is 0.675. The Morgan fingerprint density at radius 1 is 1.57 bits per heavy atom. The van der Waals surface area contributed by atoms with Crippen LogP contribution in [0.4, 0.5) is 9.80 Å². The van der Waals surface area contributed by atoms with Crippen molar-refractivity contribution in [3.63, 3.8) is 0 Å². The molecule has 0 bridgehead atoms. The Labute approximate surface area is 128 Å². The summed E-state index contributed by atoms with van der Waals surface area (Å²) >= 11 is 1.40. The molecule has 2 heterocycles. The van der Waals surface area contributed by atoms with E-state index < -0.39 is 0 Å². The fraction of sp³-hybridized carbons (Fsp3) is 0.571. The molecule has 6 nitrogen and oxygen atoms in total. The van der Waals surface area contributed by atoms with Crippen LogP contribution in [-0.2, 0) is 22.5 Å².